The minimum atomic E-state index is 0.767. The Morgan fingerprint density at radius 2 is 2.25 bits per heavy atom. The lowest BCUT2D eigenvalue weighted by atomic mass is 10.2. The van der Waals surface area contributed by atoms with Gasteiger partial charge in [0.05, 0.1) is 5.39 Å². The average Bonchev–Trinajstić information content (AvgIpc) is 3.20. The second-order valence-corrected chi connectivity index (χ2v) is 8.02. The second-order valence-electron chi connectivity index (χ2n) is 5.95. The Kier molecular flexibility index (Phi) is 4.67. The number of aromatic nitrogens is 3. The molecule has 0 saturated carbocycles. The maximum absolute atomic E-state index is 4.86. The Morgan fingerprint density at radius 1 is 1.29 bits per heavy atom. The van der Waals surface area contributed by atoms with E-state index in [1.165, 1.54) is 34.4 Å². The van der Waals surface area contributed by atoms with Crippen molar-refractivity contribution in [1.82, 2.24) is 15.0 Å². The number of thiophene rings is 1. The average molecular weight is 357 g/mol. The molecule has 124 valence electrons. The number of hydrogen-bond donors (Lipinski definition) is 1. The normalized spacial score (nSPS) is 13.4. The molecule has 0 spiro atoms. The van der Waals surface area contributed by atoms with Crippen molar-refractivity contribution in [2.24, 2.45) is 0 Å². The van der Waals surface area contributed by atoms with Crippen molar-refractivity contribution < 1.29 is 0 Å². The maximum Gasteiger partial charge on any atom is 0.164 e. The maximum atomic E-state index is 4.86. The molecule has 0 radical (unpaired) electrons. The van der Waals surface area contributed by atoms with E-state index in [9.17, 15) is 0 Å². The standard InChI is InChI=1S/C18H20N4S2/c1-23-10-4-9-20-17-15-13-6-2-7-14(13)24-18(15)22-16(21-17)12-5-3-8-19-11-12/h3,5,8,11H,2,4,6-7,9-10H2,1H3,(H,20,21,22). The van der Waals surface area contributed by atoms with Gasteiger partial charge in [-0.1, -0.05) is 0 Å². The summed E-state index contributed by atoms with van der Waals surface area (Å²) in [7, 11) is 0. The first kappa shape index (κ1) is 15.8. The Labute approximate surface area is 150 Å². The number of thioether (sulfide) groups is 1. The Bertz CT molecular complexity index is 845. The lowest BCUT2D eigenvalue weighted by molar-refractivity contribution is 0.916. The SMILES string of the molecule is CSCCCNc1nc(-c2cccnc2)nc2sc3c(c12)CCC3. The van der Waals surface area contributed by atoms with Crippen LogP contribution in [0.4, 0.5) is 5.82 Å². The first-order valence-corrected chi connectivity index (χ1v) is 10.5. The molecular formula is C18H20N4S2. The van der Waals surface area contributed by atoms with Crippen molar-refractivity contribution in [2.75, 3.05) is 23.9 Å². The molecule has 0 saturated heterocycles. The van der Waals surface area contributed by atoms with Crippen LogP contribution in [0.2, 0.25) is 0 Å². The van der Waals surface area contributed by atoms with Crippen LogP contribution < -0.4 is 5.32 Å². The lowest BCUT2D eigenvalue weighted by Crippen LogP contribution is -2.06. The third kappa shape index (κ3) is 3.00. The zero-order chi connectivity index (χ0) is 16.4. The monoisotopic (exact) mass is 356 g/mol. The fraction of sp³-hybridized carbons (Fsp3) is 0.389. The molecule has 1 N–H and O–H groups in total. The molecule has 0 fully saturated rings. The molecule has 3 aromatic rings. The van der Waals surface area contributed by atoms with E-state index in [1.807, 2.05) is 41.4 Å². The van der Waals surface area contributed by atoms with Gasteiger partial charge >= 0.3 is 0 Å². The number of anilines is 1. The fourth-order valence-electron chi connectivity index (χ4n) is 3.17. The molecule has 0 bridgehead atoms. The quantitative estimate of drug-likeness (QED) is 0.663. The molecule has 0 aliphatic heterocycles. The number of hydrogen-bond acceptors (Lipinski definition) is 6. The molecule has 0 unspecified atom stereocenters. The molecule has 24 heavy (non-hydrogen) atoms. The van der Waals surface area contributed by atoms with Crippen LogP contribution in [0.3, 0.4) is 0 Å². The van der Waals surface area contributed by atoms with E-state index in [0.717, 1.165) is 41.4 Å². The molecule has 0 amide bonds. The zero-order valence-electron chi connectivity index (χ0n) is 13.7. The largest absolute Gasteiger partial charge is 0.369 e. The highest BCUT2D eigenvalue weighted by atomic mass is 32.2. The van der Waals surface area contributed by atoms with E-state index in [2.05, 4.69) is 16.6 Å². The molecule has 0 aromatic carbocycles. The van der Waals surface area contributed by atoms with Crippen molar-refractivity contribution in [3.8, 4) is 11.4 Å². The van der Waals surface area contributed by atoms with E-state index in [1.54, 1.807) is 6.20 Å². The molecule has 4 rings (SSSR count). The number of pyridine rings is 1. The van der Waals surface area contributed by atoms with Crippen LogP contribution in [-0.4, -0.2) is 33.5 Å². The summed E-state index contributed by atoms with van der Waals surface area (Å²) in [6, 6.07) is 3.95. The van der Waals surface area contributed by atoms with Crippen LogP contribution in [0.15, 0.2) is 24.5 Å². The van der Waals surface area contributed by atoms with Crippen LogP contribution in [0.5, 0.6) is 0 Å². The van der Waals surface area contributed by atoms with Crippen molar-refractivity contribution >= 4 is 39.1 Å². The fourth-order valence-corrected chi connectivity index (χ4v) is 4.87. The van der Waals surface area contributed by atoms with Crippen molar-refractivity contribution in [3.63, 3.8) is 0 Å². The predicted octanol–water partition coefficient (Wildman–Crippen LogP) is 4.41. The van der Waals surface area contributed by atoms with Gasteiger partial charge in [0.15, 0.2) is 5.82 Å². The van der Waals surface area contributed by atoms with E-state index < -0.39 is 0 Å². The summed E-state index contributed by atoms with van der Waals surface area (Å²) in [6.45, 7) is 0.948. The summed E-state index contributed by atoms with van der Waals surface area (Å²) in [6.07, 6.45) is 10.5. The molecule has 0 atom stereocenters. The summed E-state index contributed by atoms with van der Waals surface area (Å²) < 4.78 is 0. The number of aryl methyl sites for hydroxylation is 2. The molecular weight excluding hydrogens is 336 g/mol. The van der Waals surface area contributed by atoms with Crippen LogP contribution in [-0.2, 0) is 12.8 Å². The minimum Gasteiger partial charge on any atom is -0.369 e. The van der Waals surface area contributed by atoms with Gasteiger partial charge in [0.2, 0.25) is 0 Å². The van der Waals surface area contributed by atoms with Gasteiger partial charge in [-0.15, -0.1) is 11.3 Å². The van der Waals surface area contributed by atoms with Gasteiger partial charge in [0, 0.05) is 29.4 Å². The number of fused-ring (bicyclic) bond motifs is 3. The highest BCUT2D eigenvalue weighted by molar-refractivity contribution is 7.98. The Hall–Kier alpha value is -1.66. The summed E-state index contributed by atoms with van der Waals surface area (Å²) >= 11 is 3.72. The number of nitrogens with zero attached hydrogens (tertiary/aromatic N) is 3. The summed E-state index contributed by atoms with van der Waals surface area (Å²) in [5.41, 5.74) is 2.44. The first-order valence-electron chi connectivity index (χ1n) is 8.32. The molecule has 3 heterocycles. The highest BCUT2D eigenvalue weighted by Crippen LogP contribution is 2.40. The zero-order valence-corrected chi connectivity index (χ0v) is 15.3. The topological polar surface area (TPSA) is 50.7 Å². The lowest BCUT2D eigenvalue weighted by Gasteiger charge is -2.10. The summed E-state index contributed by atoms with van der Waals surface area (Å²) in [4.78, 5) is 16.5. The second kappa shape index (κ2) is 7.07. The molecule has 1 aliphatic carbocycles. The van der Waals surface area contributed by atoms with Gasteiger partial charge in [0.25, 0.3) is 0 Å². The van der Waals surface area contributed by atoms with Crippen LogP contribution in [0, 0.1) is 0 Å². The highest BCUT2D eigenvalue weighted by Gasteiger charge is 2.22. The molecule has 6 heteroatoms. The Morgan fingerprint density at radius 3 is 3.08 bits per heavy atom. The Balaban J connectivity index is 1.77. The van der Waals surface area contributed by atoms with Gasteiger partial charge in [0.1, 0.15) is 10.6 Å². The third-order valence-corrected chi connectivity index (χ3v) is 6.18. The van der Waals surface area contributed by atoms with E-state index >= 15 is 0 Å². The number of rotatable bonds is 6. The van der Waals surface area contributed by atoms with E-state index in [-0.39, 0.29) is 0 Å². The van der Waals surface area contributed by atoms with Crippen LogP contribution >= 0.6 is 23.1 Å². The van der Waals surface area contributed by atoms with Crippen LogP contribution in [0.1, 0.15) is 23.3 Å². The minimum absolute atomic E-state index is 0.767. The van der Waals surface area contributed by atoms with E-state index in [4.69, 9.17) is 9.97 Å². The van der Waals surface area contributed by atoms with Crippen molar-refractivity contribution in [1.29, 1.82) is 0 Å². The van der Waals surface area contributed by atoms with E-state index in [0.29, 0.717) is 0 Å². The van der Waals surface area contributed by atoms with Crippen molar-refractivity contribution in [2.45, 2.75) is 25.7 Å². The molecule has 1 aliphatic rings. The van der Waals surface area contributed by atoms with Gasteiger partial charge in [-0.3, -0.25) is 4.98 Å². The van der Waals surface area contributed by atoms with Gasteiger partial charge < -0.3 is 5.32 Å². The van der Waals surface area contributed by atoms with Gasteiger partial charge in [-0.2, -0.15) is 11.8 Å². The smallest absolute Gasteiger partial charge is 0.164 e. The summed E-state index contributed by atoms with van der Waals surface area (Å²) in [5, 5.41) is 4.82. The molecule has 4 nitrogen and oxygen atoms in total. The van der Waals surface area contributed by atoms with Gasteiger partial charge in [-0.25, -0.2) is 9.97 Å². The predicted molar refractivity (Wildman–Crippen MR) is 104 cm³/mol. The van der Waals surface area contributed by atoms with Crippen molar-refractivity contribution in [3.05, 3.63) is 35.0 Å². The van der Waals surface area contributed by atoms with Crippen LogP contribution in [0.25, 0.3) is 21.6 Å². The third-order valence-electron chi connectivity index (χ3n) is 4.30. The summed E-state index contributed by atoms with van der Waals surface area (Å²) in [5.74, 6) is 2.93. The number of nitrogens with one attached hydrogen (secondary N) is 1. The van der Waals surface area contributed by atoms with Gasteiger partial charge in [-0.05, 0) is 55.4 Å². The first-order chi connectivity index (χ1) is 11.9. The molecule has 3 aromatic heterocycles.